The van der Waals surface area contributed by atoms with Gasteiger partial charge in [-0.3, -0.25) is 14.6 Å². The summed E-state index contributed by atoms with van der Waals surface area (Å²) in [4.78, 5) is 31.2. The van der Waals surface area contributed by atoms with Gasteiger partial charge in [0, 0.05) is 43.3 Å². The normalized spacial score (nSPS) is 13.2. The van der Waals surface area contributed by atoms with E-state index in [4.69, 9.17) is 9.47 Å². The van der Waals surface area contributed by atoms with E-state index in [1.165, 1.54) is 0 Å². The SMILES string of the molecule is Cc1ccc(C(=O)N2CCC(Oc3ccc(COc4ccc(-c5ccc(C(=O)Nc6cccnc6)cc5)cc4)cc3)CC2)cc1. The maximum atomic E-state index is 12.8. The number of aromatic nitrogens is 1. The lowest BCUT2D eigenvalue weighted by molar-refractivity contribution is 0.0595. The summed E-state index contributed by atoms with van der Waals surface area (Å²) >= 11 is 0. The number of aryl methyl sites for hydroxylation is 1. The smallest absolute Gasteiger partial charge is 0.255 e. The third kappa shape index (κ3) is 7.75. The molecule has 7 nitrogen and oxygen atoms in total. The largest absolute Gasteiger partial charge is 0.490 e. The average molecular weight is 598 g/mol. The summed E-state index contributed by atoms with van der Waals surface area (Å²) in [6, 6.07) is 34.8. The zero-order chi connectivity index (χ0) is 31.0. The molecule has 226 valence electrons. The van der Waals surface area contributed by atoms with E-state index in [1.807, 2.05) is 109 Å². The Labute approximate surface area is 263 Å². The van der Waals surface area contributed by atoms with Crippen molar-refractivity contribution >= 4 is 17.5 Å². The number of ether oxygens (including phenoxy) is 2. The molecule has 4 aromatic carbocycles. The van der Waals surface area contributed by atoms with E-state index in [0.29, 0.717) is 30.9 Å². The summed E-state index contributed by atoms with van der Waals surface area (Å²) in [5, 5.41) is 2.85. The van der Waals surface area contributed by atoms with Crippen molar-refractivity contribution in [2.45, 2.75) is 32.5 Å². The van der Waals surface area contributed by atoms with Crippen molar-refractivity contribution in [3.63, 3.8) is 0 Å². The molecule has 45 heavy (non-hydrogen) atoms. The number of anilines is 1. The molecule has 0 bridgehead atoms. The molecule has 2 heterocycles. The minimum absolute atomic E-state index is 0.0879. The molecule has 0 spiro atoms. The summed E-state index contributed by atoms with van der Waals surface area (Å²) in [6.07, 6.45) is 4.99. The van der Waals surface area contributed by atoms with Gasteiger partial charge in [-0.2, -0.15) is 0 Å². The van der Waals surface area contributed by atoms with Gasteiger partial charge in [0.05, 0.1) is 11.9 Å². The van der Waals surface area contributed by atoms with Crippen LogP contribution in [0.4, 0.5) is 5.69 Å². The highest BCUT2D eigenvalue weighted by Crippen LogP contribution is 2.25. The molecular weight excluding hydrogens is 562 g/mol. The minimum atomic E-state index is -0.175. The van der Waals surface area contributed by atoms with Crippen LogP contribution in [0.5, 0.6) is 11.5 Å². The van der Waals surface area contributed by atoms with E-state index in [0.717, 1.165) is 52.2 Å². The Morgan fingerprint density at radius 3 is 2.04 bits per heavy atom. The number of likely N-dealkylation sites (tertiary alicyclic amines) is 1. The molecular formula is C38H35N3O4. The second-order valence-corrected chi connectivity index (χ2v) is 11.2. The van der Waals surface area contributed by atoms with Gasteiger partial charge in [-0.25, -0.2) is 0 Å². The number of hydrogen-bond acceptors (Lipinski definition) is 5. The number of carbonyl (C=O) groups excluding carboxylic acids is 2. The first kappa shape index (κ1) is 29.6. The first-order valence-corrected chi connectivity index (χ1v) is 15.2. The number of benzene rings is 4. The fraction of sp³-hybridized carbons (Fsp3) is 0.184. The Kier molecular flexibility index (Phi) is 9.16. The molecule has 0 unspecified atom stereocenters. The maximum Gasteiger partial charge on any atom is 0.255 e. The molecule has 0 aliphatic carbocycles. The van der Waals surface area contributed by atoms with Crippen LogP contribution in [-0.2, 0) is 6.61 Å². The molecule has 1 N–H and O–H groups in total. The van der Waals surface area contributed by atoms with Crippen LogP contribution in [0, 0.1) is 6.92 Å². The fourth-order valence-corrected chi connectivity index (χ4v) is 5.28. The standard InChI is InChI=1S/C38H35N3O4/c1-27-4-8-32(9-5-27)38(43)41-23-20-36(21-24-41)45-35-16-6-28(7-17-35)26-44-34-18-14-30(15-19-34)29-10-12-31(13-11-29)37(42)40-33-3-2-22-39-25-33/h2-19,22,25,36H,20-21,23-24,26H2,1H3,(H,40,42). The Balaban J connectivity index is 0.950. The van der Waals surface area contributed by atoms with Crippen LogP contribution < -0.4 is 14.8 Å². The molecule has 0 radical (unpaired) electrons. The number of carbonyl (C=O) groups is 2. The molecule has 1 aromatic heterocycles. The number of nitrogens with zero attached hydrogens (tertiary/aromatic N) is 2. The van der Waals surface area contributed by atoms with Crippen molar-refractivity contribution in [2.75, 3.05) is 18.4 Å². The monoisotopic (exact) mass is 597 g/mol. The number of nitrogens with one attached hydrogen (secondary N) is 1. The molecule has 1 aliphatic heterocycles. The molecule has 0 saturated carbocycles. The number of pyridine rings is 1. The fourth-order valence-electron chi connectivity index (χ4n) is 5.28. The highest BCUT2D eigenvalue weighted by atomic mass is 16.5. The van der Waals surface area contributed by atoms with Crippen LogP contribution in [0.15, 0.2) is 122 Å². The second kappa shape index (κ2) is 13.9. The van der Waals surface area contributed by atoms with Crippen LogP contribution in [0.1, 0.15) is 44.7 Å². The lowest BCUT2D eigenvalue weighted by Gasteiger charge is -2.32. The van der Waals surface area contributed by atoms with E-state index < -0.39 is 0 Å². The van der Waals surface area contributed by atoms with Gasteiger partial charge in [-0.15, -0.1) is 0 Å². The Bertz CT molecular complexity index is 1710. The van der Waals surface area contributed by atoms with Gasteiger partial charge in [0.25, 0.3) is 11.8 Å². The van der Waals surface area contributed by atoms with Crippen LogP contribution in [0.2, 0.25) is 0 Å². The second-order valence-electron chi connectivity index (χ2n) is 11.2. The number of piperidine rings is 1. The van der Waals surface area contributed by atoms with Gasteiger partial charge in [-0.1, -0.05) is 54.1 Å². The van der Waals surface area contributed by atoms with Gasteiger partial charge in [0.2, 0.25) is 0 Å². The van der Waals surface area contributed by atoms with Crippen molar-refractivity contribution in [2.24, 2.45) is 0 Å². The predicted molar refractivity (Wildman–Crippen MR) is 176 cm³/mol. The van der Waals surface area contributed by atoms with Gasteiger partial charge in [-0.05, 0) is 84.3 Å². The highest BCUT2D eigenvalue weighted by Gasteiger charge is 2.24. The minimum Gasteiger partial charge on any atom is -0.490 e. The molecule has 6 rings (SSSR count). The Hall–Kier alpha value is -5.43. The highest BCUT2D eigenvalue weighted by molar-refractivity contribution is 6.04. The summed E-state index contributed by atoms with van der Waals surface area (Å²) in [5.41, 5.74) is 6.22. The quantitative estimate of drug-likeness (QED) is 0.190. The summed E-state index contributed by atoms with van der Waals surface area (Å²) in [6.45, 7) is 3.85. The first-order chi connectivity index (χ1) is 22.0. The Morgan fingerprint density at radius 1 is 0.778 bits per heavy atom. The molecule has 2 amide bonds. The Morgan fingerprint density at radius 2 is 1.40 bits per heavy atom. The summed E-state index contributed by atoms with van der Waals surface area (Å²) < 4.78 is 12.2. The van der Waals surface area contributed by atoms with Crippen molar-refractivity contribution in [3.05, 3.63) is 144 Å². The van der Waals surface area contributed by atoms with Gasteiger partial charge in [0.1, 0.15) is 24.2 Å². The third-order valence-corrected chi connectivity index (χ3v) is 7.91. The van der Waals surface area contributed by atoms with Gasteiger partial charge < -0.3 is 19.7 Å². The van der Waals surface area contributed by atoms with Crippen LogP contribution in [-0.4, -0.2) is 40.9 Å². The average Bonchev–Trinajstić information content (AvgIpc) is 3.09. The topological polar surface area (TPSA) is 80.8 Å². The van der Waals surface area contributed by atoms with Gasteiger partial charge >= 0.3 is 0 Å². The summed E-state index contributed by atoms with van der Waals surface area (Å²) in [7, 11) is 0. The van der Waals surface area contributed by atoms with Crippen molar-refractivity contribution in [3.8, 4) is 22.6 Å². The van der Waals surface area contributed by atoms with E-state index in [-0.39, 0.29) is 17.9 Å². The van der Waals surface area contributed by atoms with Gasteiger partial charge in [0.15, 0.2) is 0 Å². The lowest BCUT2D eigenvalue weighted by Crippen LogP contribution is -2.41. The molecule has 1 fully saturated rings. The first-order valence-electron chi connectivity index (χ1n) is 15.2. The zero-order valence-electron chi connectivity index (χ0n) is 25.2. The molecule has 0 atom stereocenters. The molecule has 5 aromatic rings. The van der Waals surface area contributed by atoms with E-state index in [9.17, 15) is 9.59 Å². The number of amides is 2. The molecule has 1 aliphatic rings. The zero-order valence-corrected chi connectivity index (χ0v) is 25.2. The van der Waals surface area contributed by atoms with E-state index in [1.54, 1.807) is 24.5 Å². The maximum absolute atomic E-state index is 12.8. The van der Waals surface area contributed by atoms with E-state index in [2.05, 4.69) is 10.3 Å². The van der Waals surface area contributed by atoms with E-state index >= 15 is 0 Å². The number of hydrogen-bond donors (Lipinski definition) is 1. The van der Waals surface area contributed by atoms with Crippen LogP contribution >= 0.6 is 0 Å². The number of rotatable bonds is 9. The third-order valence-electron chi connectivity index (χ3n) is 7.91. The van der Waals surface area contributed by atoms with Crippen molar-refractivity contribution in [1.29, 1.82) is 0 Å². The van der Waals surface area contributed by atoms with Crippen LogP contribution in [0.3, 0.4) is 0 Å². The molecule has 1 saturated heterocycles. The van der Waals surface area contributed by atoms with Crippen molar-refractivity contribution < 1.29 is 19.1 Å². The summed E-state index contributed by atoms with van der Waals surface area (Å²) in [5.74, 6) is 1.51. The van der Waals surface area contributed by atoms with Crippen molar-refractivity contribution in [1.82, 2.24) is 9.88 Å². The predicted octanol–water partition coefficient (Wildman–Crippen LogP) is 7.57. The molecule has 7 heteroatoms. The van der Waals surface area contributed by atoms with Crippen LogP contribution in [0.25, 0.3) is 11.1 Å². The lowest BCUT2D eigenvalue weighted by atomic mass is 10.0.